The number of likely N-dealkylation sites (N-methyl/N-ethyl adjacent to an activating group) is 1. The number of ether oxygens (including phenoxy) is 2. The van der Waals surface area contributed by atoms with Gasteiger partial charge in [-0.3, -0.25) is 0 Å². The van der Waals surface area contributed by atoms with Gasteiger partial charge in [0.05, 0.1) is 10.7 Å². The monoisotopic (exact) mass is 364 g/mol. The number of hydrogen-bond donors (Lipinski definition) is 0. The van der Waals surface area contributed by atoms with Crippen LogP contribution in [0.2, 0.25) is 0 Å². The molecule has 0 N–H and O–H groups in total. The van der Waals surface area contributed by atoms with Crippen molar-refractivity contribution in [1.82, 2.24) is 4.98 Å². The number of thiazole rings is 1. The topological polar surface area (TPSA) is 34.6 Å². The Kier molecular flexibility index (Phi) is 3.64. The van der Waals surface area contributed by atoms with E-state index in [1.54, 1.807) is 11.3 Å². The Balaban J connectivity index is 1.43. The van der Waals surface area contributed by atoms with Crippen molar-refractivity contribution < 1.29 is 9.47 Å². The van der Waals surface area contributed by atoms with Crippen LogP contribution in [0.4, 0.5) is 5.69 Å². The number of aryl methyl sites for hydroxylation is 1. The molecule has 132 valence electrons. The zero-order chi connectivity index (χ0) is 17.7. The zero-order valence-electron chi connectivity index (χ0n) is 14.9. The van der Waals surface area contributed by atoms with Crippen LogP contribution in [0.25, 0.3) is 11.3 Å². The van der Waals surface area contributed by atoms with Gasteiger partial charge in [-0.05, 0) is 48.7 Å². The molecule has 0 amide bonds. The van der Waals surface area contributed by atoms with Crippen LogP contribution in [0.15, 0.2) is 36.4 Å². The largest absolute Gasteiger partial charge is 0.454 e. The number of hydrogen-bond acceptors (Lipinski definition) is 5. The molecule has 0 aliphatic carbocycles. The molecule has 3 aromatic rings. The molecule has 5 heteroatoms. The van der Waals surface area contributed by atoms with E-state index in [9.17, 15) is 0 Å². The van der Waals surface area contributed by atoms with Crippen LogP contribution in [0, 0.1) is 6.92 Å². The van der Waals surface area contributed by atoms with E-state index in [1.807, 2.05) is 6.07 Å². The quantitative estimate of drug-likeness (QED) is 0.689. The normalized spacial score (nSPS) is 14.8. The number of benzene rings is 2. The third kappa shape index (κ3) is 2.63. The van der Waals surface area contributed by atoms with Gasteiger partial charge in [-0.1, -0.05) is 12.1 Å². The average Bonchev–Trinajstić information content (AvgIpc) is 3.34. The standard InChI is InChI=1S/C21H20N2O2S/c1-13-21(16-4-5-17-15(11-16)7-8-23(17)2)22-20(26-13)10-14-3-6-18-19(9-14)25-12-24-18/h3-6,9,11H,7-8,10,12H2,1-2H3. The summed E-state index contributed by atoms with van der Waals surface area (Å²) in [6.07, 6.45) is 1.93. The summed E-state index contributed by atoms with van der Waals surface area (Å²) in [5, 5.41) is 1.13. The molecule has 2 aromatic carbocycles. The molecule has 0 radical (unpaired) electrons. The van der Waals surface area contributed by atoms with Crippen LogP contribution >= 0.6 is 11.3 Å². The Morgan fingerprint density at radius 1 is 1.12 bits per heavy atom. The average molecular weight is 364 g/mol. The van der Waals surface area contributed by atoms with Crippen molar-refractivity contribution in [2.45, 2.75) is 19.8 Å². The van der Waals surface area contributed by atoms with Gasteiger partial charge in [0.1, 0.15) is 0 Å². The van der Waals surface area contributed by atoms with Crippen LogP contribution < -0.4 is 14.4 Å². The van der Waals surface area contributed by atoms with Gasteiger partial charge in [0.25, 0.3) is 0 Å². The Hall–Kier alpha value is -2.53. The second-order valence-corrected chi connectivity index (χ2v) is 8.18. The number of aromatic nitrogens is 1. The second kappa shape index (κ2) is 6.02. The molecule has 0 spiro atoms. The van der Waals surface area contributed by atoms with Crippen molar-refractivity contribution in [1.29, 1.82) is 0 Å². The van der Waals surface area contributed by atoms with E-state index in [0.29, 0.717) is 6.79 Å². The second-order valence-electron chi connectivity index (χ2n) is 6.89. The van der Waals surface area contributed by atoms with Gasteiger partial charge in [0.2, 0.25) is 6.79 Å². The summed E-state index contributed by atoms with van der Waals surface area (Å²) in [7, 11) is 2.16. The first-order chi connectivity index (χ1) is 12.7. The maximum atomic E-state index is 5.48. The zero-order valence-corrected chi connectivity index (χ0v) is 15.7. The minimum absolute atomic E-state index is 0.312. The number of fused-ring (bicyclic) bond motifs is 2. The third-order valence-corrected chi connectivity index (χ3v) is 6.08. The predicted octanol–water partition coefficient (Wildman–Crippen LogP) is 4.43. The lowest BCUT2D eigenvalue weighted by atomic mass is 10.1. The molecule has 0 saturated carbocycles. The van der Waals surface area contributed by atoms with E-state index >= 15 is 0 Å². The van der Waals surface area contributed by atoms with Crippen molar-refractivity contribution >= 4 is 17.0 Å². The minimum Gasteiger partial charge on any atom is -0.454 e. The minimum atomic E-state index is 0.312. The fraction of sp³-hybridized carbons (Fsp3) is 0.286. The fourth-order valence-corrected chi connectivity index (χ4v) is 4.72. The van der Waals surface area contributed by atoms with E-state index in [1.165, 1.54) is 27.3 Å². The molecular formula is C21H20N2O2S. The summed E-state index contributed by atoms with van der Waals surface area (Å²) in [5.74, 6) is 1.66. The van der Waals surface area contributed by atoms with Gasteiger partial charge in [0.15, 0.2) is 11.5 Å². The van der Waals surface area contributed by atoms with Gasteiger partial charge in [-0.2, -0.15) is 0 Å². The van der Waals surface area contributed by atoms with Gasteiger partial charge in [-0.25, -0.2) is 4.98 Å². The first-order valence-corrected chi connectivity index (χ1v) is 9.68. The summed E-state index contributed by atoms with van der Waals surface area (Å²) in [5.41, 5.74) is 6.31. The molecule has 0 unspecified atom stereocenters. The summed E-state index contributed by atoms with van der Waals surface area (Å²) < 4.78 is 10.9. The van der Waals surface area contributed by atoms with Crippen molar-refractivity contribution in [2.75, 3.05) is 25.3 Å². The van der Waals surface area contributed by atoms with E-state index in [-0.39, 0.29) is 0 Å². The fourth-order valence-electron chi connectivity index (χ4n) is 3.73. The summed E-state index contributed by atoms with van der Waals surface area (Å²) in [6, 6.07) is 12.9. The first kappa shape index (κ1) is 15.7. The first-order valence-electron chi connectivity index (χ1n) is 8.86. The lowest BCUT2D eigenvalue weighted by Gasteiger charge is -2.11. The van der Waals surface area contributed by atoms with E-state index in [2.05, 4.69) is 49.2 Å². The maximum Gasteiger partial charge on any atom is 0.231 e. The molecule has 4 nitrogen and oxygen atoms in total. The molecule has 0 fully saturated rings. The van der Waals surface area contributed by atoms with Gasteiger partial charge < -0.3 is 14.4 Å². The van der Waals surface area contributed by atoms with Crippen LogP contribution in [-0.2, 0) is 12.8 Å². The van der Waals surface area contributed by atoms with Crippen molar-refractivity contribution in [2.24, 2.45) is 0 Å². The molecule has 5 rings (SSSR count). The number of nitrogens with zero attached hydrogens (tertiary/aromatic N) is 2. The van der Waals surface area contributed by atoms with E-state index < -0.39 is 0 Å². The van der Waals surface area contributed by atoms with E-state index in [0.717, 1.165) is 41.6 Å². The predicted molar refractivity (Wildman–Crippen MR) is 105 cm³/mol. The molecule has 3 heterocycles. The van der Waals surface area contributed by atoms with Crippen molar-refractivity contribution in [3.8, 4) is 22.8 Å². The highest BCUT2D eigenvalue weighted by Crippen LogP contribution is 2.36. The number of rotatable bonds is 3. The Bertz CT molecular complexity index is 996. The SMILES string of the molecule is Cc1sc(Cc2ccc3c(c2)OCO3)nc1-c1ccc2c(c1)CCN2C. The van der Waals surface area contributed by atoms with Gasteiger partial charge in [-0.15, -0.1) is 11.3 Å². The molecule has 26 heavy (non-hydrogen) atoms. The van der Waals surface area contributed by atoms with Gasteiger partial charge >= 0.3 is 0 Å². The third-order valence-electron chi connectivity index (χ3n) is 5.11. The van der Waals surface area contributed by atoms with Gasteiger partial charge in [0, 0.05) is 36.1 Å². The Morgan fingerprint density at radius 3 is 2.92 bits per heavy atom. The molecule has 0 saturated heterocycles. The van der Waals surface area contributed by atoms with Crippen LogP contribution in [0.1, 0.15) is 21.0 Å². The molecule has 1 aromatic heterocycles. The maximum absolute atomic E-state index is 5.48. The highest BCUT2D eigenvalue weighted by Gasteiger charge is 2.19. The Morgan fingerprint density at radius 2 is 2.00 bits per heavy atom. The van der Waals surface area contributed by atoms with Crippen LogP contribution in [0.5, 0.6) is 11.5 Å². The lowest BCUT2D eigenvalue weighted by Crippen LogP contribution is -2.12. The summed E-state index contributed by atoms with van der Waals surface area (Å²) >= 11 is 1.78. The highest BCUT2D eigenvalue weighted by atomic mass is 32.1. The van der Waals surface area contributed by atoms with Crippen molar-refractivity contribution in [3.05, 3.63) is 57.4 Å². The van der Waals surface area contributed by atoms with Crippen molar-refractivity contribution in [3.63, 3.8) is 0 Å². The van der Waals surface area contributed by atoms with E-state index in [4.69, 9.17) is 14.5 Å². The molecule has 2 aliphatic rings. The molecule has 2 aliphatic heterocycles. The summed E-state index contributed by atoms with van der Waals surface area (Å²) in [6.45, 7) is 3.58. The molecular weight excluding hydrogens is 344 g/mol. The molecule has 0 bridgehead atoms. The molecule has 0 atom stereocenters. The van der Waals surface area contributed by atoms with Crippen LogP contribution in [0.3, 0.4) is 0 Å². The summed E-state index contributed by atoms with van der Waals surface area (Å²) in [4.78, 5) is 8.53. The highest BCUT2D eigenvalue weighted by molar-refractivity contribution is 7.12. The lowest BCUT2D eigenvalue weighted by molar-refractivity contribution is 0.174. The van der Waals surface area contributed by atoms with Crippen LogP contribution in [-0.4, -0.2) is 25.4 Å². The Labute approximate surface area is 157 Å². The smallest absolute Gasteiger partial charge is 0.231 e. The number of anilines is 1.